The molecule has 1 unspecified atom stereocenters. The summed E-state index contributed by atoms with van der Waals surface area (Å²) < 4.78 is 0. The second kappa shape index (κ2) is 14.2. The van der Waals surface area contributed by atoms with Gasteiger partial charge in [-0.2, -0.15) is 0 Å². The van der Waals surface area contributed by atoms with E-state index in [2.05, 4.69) is 207 Å². The molecule has 0 fully saturated rings. The van der Waals surface area contributed by atoms with Gasteiger partial charge in [0.15, 0.2) is 8.07 Å². The Kier molecular flexibility index (Phi) is 11.2. The minimum Gasteiger partial charge on any atom is -0.378 e. The van der Waals surface area contributed by atoms with Gasteiger partial charge < -0.3 is 29.4 Å². The minimum atomic E-state index is -3.38. The van der Waals surface area contributed by atoms with Gasteiger partial charge in [-0.1, -0.05) is 24.1 Å². The van der Waals surface area contributed by atoms with E-state index in [-0.39, 0.29) is 5.04 Å². The fourth-order valence-corrected chi connectivity index (χ4v) is 17.9. The molecule has 3 aromatic rings. The topological polar surface area (TPSA) is 19.4 Å². The summed E-state index contributed by atoms with van der Waals surface area (Å²) in [5.74, 6) is 0. The summed E-state index contributed by atoms with van der Waals surface area (Å²) in [4.78, 5) is 14.2. The van der Waals surface area contributed by atoms with Crippen molar-refractivity contribution in [3.05, 3.63) is 74.4 Å². The zero-order chi connectivity index (χ0) is 39.7. The molecule has 284 valence electrons. The third-order valence-corrected chi connectivity index (χ3v) is 18.5. The van der Waals surface area contributed by atoms with E-state index in [0.717, 1.165) is 0 Å². The lowest BCUT2D eigenvalue weighted by molar-refractivity contribution is 0.867. The number of nitrogens with zero attached hydrogens (tertiary/aromatic N) is 6. The maximum atomic E-state index is 2.69. The van der Waals surface area contributed by atoms with Gasteiger partial charge in [0.1, 0.15) is 0 Å². The molecule has 0 aromatic heterocycles. The number of hydrogen-bond acceptors (Lipinski definition) is 6. The van der Waals surface area contributed by atoms with Crippen LogP contribution in [0, 0.1) is 41.5 Å². The maximum Gasteiger partial charge on any atom is 0.170 e. The van der Waals surface area contributed by atoms with E-state index >= 15 is 0 Å². The van der Waals surface area contributed by atoms with Crippen LogP contribution >= 0.6 is 0 Å². The average Bonchev–Trinajstić information content (AvgIpc) is 3.22. The Hall–Kier alpha value is -3.84. The standard InChI is InChI=1S/C45H70N6Si/c1-27-23-36(46(11)12)32(6)42(39(27)49(17)18)52(45(10)26-30(4)31(5)35(45)9,43-33(7)37(47(13)14)24-28(2)40(43)50(19)20)44-34(8)38(48(15)16)25-29(3)41(44)51(21)22/h23-26H,1-22H3. The smallest absolute Gasteiger partial charge is 0.170 e. The molecule has 0 spiro atoms. The van der Waals surface area contributed by atoms with E-state index < -0.39 is 8.07 Å². The Morgan fingerprint density at radius 1 is 0.423 bits per heavy atom. The summed E-state index contributed by atoms with van der Waals surface area (Å²) >= 11 is 0. The lowest BCUT2D eigenvalue weighted by Crippen LogP contribution is -2.76. The molecular weight excluding hydrogens is 653 g/mol. The van der Waals surface area contributed by atoms with Gasteiger partial charge in [0.25, 0.3) is 0 Å². The Balaban J connectivity index is 2.77. The van der Waals surface area contributed by atoms with Crippen LogP contribution in [-0.4, -0.2) is 92.6 Å². The highest BCUT2D eigenvalue weighted by molar-refractivity contribution is 7.16. The first-order valence-electron chi connectivity index (χ1n) is 18.8. The van der Waals surface area contributed by atoms with Gasteiger partial charge in [0, 0.05) is 124 Å². The van der Waals surface area contributed by atoms with Crippen LogP contribution in [0.2, 0.25) is 5.04 Å². The number of allylic oxidation sites excluding steroid dienone is 4. The molecular formula is C45H70N6Si. The number of rotatable bonds is 10. The fourth-order valence-electron chi connectivity index (χ4n) is 10.0. The largest absolute Gasteiger partial charge is 0.378 e. The van der Waals surface area contributed by atoms with Crippen molar-refractivity contribution in [1.29, 1.82) is 0 Å². The van der Waals surface area contributed by atoms with E-state index in [9.17, 15) is 0 Å². The Morgan fingerprint density at radius 3 is 0.885 bits per heavy atom. The van der Waals surface area contributed by atoms with E-state index in [0.29, 0.717) is 0 Å². The normalized spacial score (nSPS) is 16.0. The third-order valence-electron chi connectivity index (χ3n) is 12.3. The van der Waals surface area contributed by atoms with Gasteiger partial charge >= 0.3 is 0 Å². The fraction of sp³-hybridized carbons (Fsp3) is 0.511. The van der Waals surface area contributed by atoms with Crippen LogP contribution in [0.25, 0.3) is 0 Å². The molecule has 0 amide bonds. The molecule has 0 N–H and O–H groups in total. The Morgan fingerprint density at radius 2 is 0.692 bits per heavy atom. The molecule has 6 nitrogen and oxygen atoms in total. The van der Waals surface area contributed by atoms with Gasteiger partial charge in [-0.15, -0.1) is 0 Å². The summed E-state index contributed by atoms with van der Waals surface area (Å²) in [7, 11) is 23.4. The van der Waals surface area contributed by atoms with Crippen LogP contribution in [0.3, 0.4) is 0 Å². The molecule has 0 saturated carbocycles. The van der Waals surface area contributed by atoms with E-state index in [1.165, 1.54) is 99.8 Å². The van der Waals surface area contributed by atoms with Crippen molar-refractivity contribution in [3.63, 3.8) is 0 Å². The summed E-state index contributed by atoms with van der Waals surface area (Å²) in [6.45, 7) is 24.0. The maximum absolute atomic E-state index is 3.38. The lowest BCUT2D eigenvalue weighted by Gasteiger charge is -2.53. The van der Waals surface area contributed by atoms with Gasteiger partial charge in [-0.3, -0.25) is 0 Å². The Bertz CT molecular complexity index is 1780. The van der Waals surface area contributed by atoms with Crippen LogP contribution in [0.4, 0.5) is 34.1 Å². The van der Waals surface area contributed by atoms with Crippen molar-refractivity contribution in [2.45, 2.75) is 74.3 Å². The molecule has 52 heavy (non-hydrogen) atoms. The van der Waals surface area contributed by atoms with Crippen molar-refractivity contribution in [2.24, 2.45) is 0 Å². The predicted octanol–water partition coefficient (Wildman–Crippen LogP) is 7.46. The second-order valence-corrected chi connectivity index (χ2v) is 21.1. The minimum absolute atomic E-state index is 0.339. The highest BCUT2D eigenvalue weighted by Crippen LogP contribution is 2.56. The number of benzene rings is 3. The van der Waals surface area contributed by atoms with Crippen LogP contribution in [0.5, 0.6) is 0 Å². The SMILES string of the molecule is CC1=CC(C)([Si](c2c(C)c(N(C)C)cc(C)c2N(C)C)(c2c(C)c(N(C)C)cc(C)c2N(C)C)c2c(C)c(N(C)C)cc(C)c2N(C)C)C(C)=C1C. The van der Waals surface area contributed by atoms with Crippen LogP contribution in [0.1, 0.15) is 61.1 Å². The summed E-state index contributed by atoms with van der Waals surface area (Å²) in [6.07, 6.45) is 2.69. The zero-order valence-electron chi connectivity index (χ0n) is 37.0. The summed E-state index contributed by atoms with van der Waals surface area (Å²) in [5, 5.41) is 4.17. The molecule has 0 heterocycles. The molecule has 1 atom stereocenters. The molecule has 1 aliphatic carbocycles. The molecule has 0 aliphatic heterocycles. The molecule has 4 rings (SSSR count). The highest BCUT2D eigenvalue weighted by Gasteiger charge is 2.61. The molecule has 7 heteroatoms. The second-order valence-electron chi connectivity index (χ2n) is 17.1. The van der Waals surface area contributed by atoms with Gasteiger partial charge in [0.05, 0.1) is 0 Å². The molecule has 1 aliphatic rings. The van der Waals surface area contributed by atoms with E-state index in [1.807, 2.05) is 0 Å². The first kappa shape index (κ1) is 40.9. The zero-order valence-corrected chi connectivity index (χ0v) is 38.0. The van der Waals surface area contributed by atoms with E-state index in [1.54, 1.807) is 0 Å². The highest BCUT2D eigenvalue weighted by atomic mass is 28.3. The number of aryl methyl sites for hydroxylation is 3. The van der Waals surface area contributed by atoms with Crippen molar-refractivity contribution in [1.82, 2.24) is 0 Å². The van der Waals surface area contributed by atoms with Crippen molar-refractivity contribution < 1.29 is 0 Å². The van der Waals surface area contributed by atoms with E-state index in [4.69, 9.17) is 0 Å². The first-order valence-corrected chi connectivity index (χ1v) is 20.8. The molecule has 0 saturated heterocycles. The van der Waals surface area contributed by atoms with Crippen molar-refractivity contribution >= 4 is 57.8 Å². The van der Waals surface area contributed by atoms with Crippen molar-refractivity contribution in [2.75, 3.05) is 114 Å². The van der Waals surface area contributed by atoms with Crippen molar-refractivity contribution in [3.8, 4) is 0 Å². The number of anilines is 6. The van der Waals surface area contributed by atoms with Gasteiger partial charge in [-0.25, -0.2) is 0 Å². The molecule has 0 radical (unpaired) electrons. The molecule has 0 bridgehead atoms. The number of hydrogen-bond donors (Lipinski definition) is 0. The Labute approximate surface area is 319 Å². The third kappa shape index (κ3) is 5.91. The predicted molar refractivity (Wildman–Crippen MR) is 239 cm³/mol. The first-order chi connectivity index (χ1) is 23.9. The van der Waals surface area contributed by atoms with Crippen LogP contribution < -0.4 is 45.0 Å². The quantitative estimate of drug-likeness (QED) is 0.159. The van der Waals surface area contributed by atoms with Crippen LogP contribution in [0.15, 0.2) is 41.0 Å². The monoisotopic (exact) mass is 723 g/mol. The molecule has 3 aromatic carbocycles. The average molecular weight is 723 g/mol. The van der Waals surface area contributed by atoms with Crippen LogP contribution in [-0.2, 0) is 0 Å². The van der Waals surface area contributed by atoms with Gasteiger partial charge in [-0.05, 0) is 135 Å². The summed E-state index contributed by atoms with van der Waals surface area (Å²) in [5.41, 5.74) is 20.2. The summed E-state index contributed by atoms with van der Waals surface area (Å²) in [6, 6.07) is 7.26. The van der Waals surface area contributed by atoms with Gasteiger partial charge in [0.2, 0.25) is 0 Å². The lowest BCUT2D eigenvalue weighted by atomic mass is 10.0.